The summed E-state index contributed by atoms with van der Waals surface area (Å²) < 4.78 is 5.15. The molecule has 1 aromatic rings. The first kappa shape index (κ1) is 12.0. The van der Waals surface area contributed by atoms with Gasteiger partial charge in [0, 0.05) is 0 Å². The molecule has 0 saturated carbocycles. The Hall–Kier alpha value is -1.52. The van der Waals surface area contributed by atoms with Crippen LogP contribution in [0.25, 0.3) is 5.57 Å². The molecule has 0 unspecified atom stereocenters. The second-order valence-electron chi connectivity index (χ2n) is 3.55. The highest BCUT2D eigenvalue weighted by Gasteiger charge is 2.17. The summed E-state index contributed by atoms with van der Waals surface area (Å²) in [6.07, 6.45) is 1.92. The van der Waals surface area contributed by atoms with Gasteiger partial charge in [0.2, 0.25) is 0 Å². The van der Waals surface area contributed by atoms with Crippen LogP contribution < -0.4 is 4.74 Å². The van der Waals surface area contributed by atoms with Crippen molar-refractivity contribution in [3.05, 3.63) is 35.9 Å². The van der Waals surface area contributed by atoms with E-state index in [-0.39, 0.29) is 0 Å². The maximum Gasteiger partial charge on any atom is 0.340 e. The molecule has 0 aromatic heterocycles. The van der Waals surface area contributed by atoms with Gasteiger partial charge in [-0.15, -0.1) is 0 Å². The van der Waals surface area contributed by atoms with Gasteiger partial charge in [-0.3, -0.25) is 9.63 Å². The van der Waals surface area contributed by atoms with Crippen LogP contribution in [-0.4, -0.2) is 30.7 Å². The zero-order chi connectivity index (χ0) is 12.3. The van der Waals surface area contributed by atoms with Gasteiger partial charge in [0.05, 0.1) is 13.7 Å². The van der Waals surface area contributed by atoms with Crippen molar-refractivity contribution in [2.75, 3.05) is 20.3 Å². The van der Waals surface area contributed by atoms with Gasteiger partial charge in [0.25, 0.3) is 0 Å². The number of hydrogen-bond acceptors (Lipinski definition) is 3. The molecule has 1 amide bonds. The maximum absolute atomic E-state index is 10.9. The summed E-state index contributed by atoms with van der Waals surface area (Å²) in [5, 5.41) is 0.511. The molecule has 4 nitrogen and oxygen atoms in total. The fourth-order valence-electron chi connectivity index (χ4n) is 1.60. The monoisotopic (exact) mass is 253 g/mol. The lowest BCUT2D eigenvalue weighted by molar-refractivity contribution is -0.0914. The molecule has 0 radical (unpaired) electrons. The van der Waals surface area contributed by atoms with Crippen molar-refractivity contribution >= 4 is 22.5 Å². The summed E-state index contributed by atoms with van der Waals surface area (Å²) >= 11 is 5.31. The Morgan fingerprint density at radius 1 is 1.53 bits per heavy atom. The van der Waals surface area contributed by atoms with E-state index in [1.54, 1.807) is 7.11 Å². The lowest BCUT2D eigenvalue weighted by Crippen LogP contribution is -2.30. The van der Waals surface area contributed by atoms with E-state index in [1.807, 2.05) is 30.3 Å². The minimum Gasteiger partial charge on any atom is -0.497 e. The minimum atomic E-state index is -0.606. The van der Waals surface area contributed by atoms with Crippen molar-refractivity contribution < 1.29 is 14.4 Å². The smallest absolute Gasteiger partial charge is 0.340 e. The number of hydroxylamine groups is 2. The van der Waals surface area contributed by atoms with Crippen LogP contribution >= 0.6 is 11.6 Å². The predicted molar refractivity (Wildman–Crippen MR) is 64.9 cm³/mol. The Morgan fingerprint density at radius 2 is 2.35 bits per heavy atom. The van der Waals surface area contributed by atoms with Crippen molar-refractivity contribution in [1.29, 1.82) is 0 Å². The number of amides is 1. The first-order valence-electron chi connectivity index (χ1n) is 5.14. The average Bonchev–Trinajstić information content (AvgIpc) is 2.39. The average molecular weight is 254 g/mol. The van der Waals surface area contributed by atoms with Gasteiger partial charge in [0.15, 0.2) is 0 Å². The molecular formula is C12H12ClNO3. The Balaban J connectivity index is 2.16. The molecule has 1 aromatic carbocycles. The largest absolute Gasteiger partial charge is 0.497 e. The molecule has 1 aliphatic rings. The SMILES string of the molecule is COc1cccc(C2=CCN(C(=O)Cl)OC2)c1. The van der Waals surface area contributed by atoms with E-state index >= 15 is 0 Å². The third-order valence-corrected chi connectivity index (χ3v) is 2.70. The minimum absolute atomic E-state index is 0.325. The number of carbonyl (C=O) groups is 1. The van der Waals surface area contributed by atoms with E-state index in [4.69, 9.17) is 21.2 Å². The Kier molecular flexibility index (Phi) is 3.66. The summed E-state index contributed by atoms with van der Waals surface area (Å²) in [5.74, 6) is 0.791. The molecular weight excluding hydrogens is 242 g/mol. The molecule has 5 heteroatoms. The van der Waals surface area contributed by atoms with Crippen molar-refractivity contribution in [3.8, 4) is 5.75 Å². The summed E-state index contributed by atoms with van der Waals surface area (Å²) in [7, 11) is 1.62. The maximum atomic E-state index is 10.9. The highest BCUT2D eigenvalue weighted by Crippen LogP contribution is 2.23. The lowest BCUT2D eigenvalue weighted by atomic mass is 10.1. The highest BCUT2D eigenvalue weighted by molar-refractivity contribution is 6.62. The number of rotatable bonds is 2. The number of hydrogen-bond donors (Lipinski definition) is 0. The van der Waals surface area contributed by atoms with Crippen molar-refractivity contribution in [2.24, 2.45) is 0 Å². The zero-order valence-electron chi connectivity index (χ0n) is 9.35. The third-order valence-electron chi connectivity index (χ3n) is 2.52. The Labute approximate surface area is 104 Å². The van der Waals surface area contributed by atoms with E-state index in [2.05, 4.69) is 0 Å². The molecule has 0 atom stereocenters. The molecule has 0 N–H and O–H groups in total. The van der Waals surface area contributed by atoms with Gasteiger partial charge in [-0.25, -0.2) is 5.06 Å². The lowest BCUT2D eigenvalue weighted by Gasteiger charge is -2.23. The molecule has 17 heavy (non-hydrogen) atoms. The van der Waals surface area contributed by atoms with Crippen LogP contribution in [0.3, 0.4) is 0 Å². The number of nitrogens with zero attached hydrogens (tertiary/aromatic N) is 1. The van der Waals surface area contributed by atoms with Gasteiger partial charge in [-0.1, -0.05) is 18.2 Å². The molecule has 1 aliphatic heterocycles. The number of benzene rings is 1. The number of halogens is 1. The summed E-state index contributed by atoms with van der Waals surface area (Å²) in [5.41, 5.74) is 2.03. The summed E-state index contributed by atoms with van der Waals surface area (Å²) in [4.78, 5) is 16.1. The Bertz CT molecular complexity index is 459. The first-order valence-corrected chi connectivity index (χ1v) is 5.52. The van der Waals surface area contributed by atoms with Gasteiger partial charge in [-0.05, 0) is 34.9 Å². The van der Waals surface area contributed by atoms with Crippen LogP contribution in [0.4, 0.5) is 4.79 Å². The van der Waals surface area contributed by atoms with Gasteiger partial charge < -0.3 is 4.74 Å². The molecule has 0 aliphatic carbocycles. The van der Waals surface area contributed by atoms with Crippen LogP contribution in [-0.2, 0) is 4.84 Å². The Morgan fingerprint density at radius 3 is 2.94 bits per heavy atom. The van der Waals surface area contributed by atoms with E-state index in [0.717, 1.165) is 21.9 Å². The third kappa shape index (κ3) is 2.78. The summed E-state index contributed by atoms with van der Waals surface area (Å²) in [6, 6.07) is 7.68. The number of ether oxygens (including phenoxy) is 1. The second-order valence-corrected chi connectivity index (χ2v) is 3.87. The fraction of sp³-hybridized carbons (Fsp3) is 0.250. The van der Waals surface area contributed by atoms with Crippen LogP contribution in [0.5, 0.6) is 5.75 Å². The van der Waals surface area contributed by atoms with E-state index in [1.165, 1.54) is 0 Å². The van der Waals surface area contributed by atoms with Crippen LogP contribution in [0.15, 0.2) is 30.3 Å². The first-order chi connectivity index (χ1) is 8.20. The zero-order valence-corrected chi connectivity index (χ0v) is 10.1. The van der Waals surface area contributed by atoms with Gasteiger partial charge in [-0.2, -0.15) is 0 Å². The second kappa shape index (κ2) is 5.21. The number of methoxy groups -OCH3 is 1. The van der Waals surface area contributed by atoms with Crippen LogP contribution in [0.2, 0.25) is 0 Å². The molecule has 2 rings (SSSR count). The fourth-order valence-corrected chi connectivity index (χ4v) is 1.72. The standard InChI is InChI=1S/C12H12ClNO3/c1-16-11-4-2-3-9(7-11)10-5-6-14(12(13)15)17-8-10/h2-5,7H,6,8H2,1H3. The molecule has 90 valence electrons. The predicted octanol–water partition coefficient (Wildman–Crippen LogP) is 2.68. The van der Waals surface area contributed by atoms with Crippen molar-refractivity contribution in [3.63, 3.8) is 0 Å². The van der Waals surface area contributed by atoms with E-state index < -0.39 is 5.37 Å². The molecule has 0 saturated heterocycles. The van der Waals surface area contributed by atoms with Crippen molar-refractivity contribution in [1.82, 2.24) is 5.06 Å². The molecule has 0 spiro atoms. The highest BCUT2D eigenvalue weighted by atomic mass is 35.5. The van der Waals surface area contributed by atoms with E-state index in [9.17, 15) is 4.79 Å². The van der Waals surface area contributed by atoms with Gasteiger partial charge >= 0.3 is 5.37 Å². The van der Waals surface area contributed by atoms with Crippen molar-refractivity contribution in [2.45, 2.75) is 0 Å². The van der Waals surface area contributed by atoms with Gasteiger partial charge in [0.1, 0.15) is 12.4 Å². The molecule has 0 bridgehead atoms. The van der Waals surface area contributed by atoms with E-state index in [0.29, 0.717) is 13.2 Å². The quantitative estimate of drug-likeness (QED) is 0.601. The molecule has 1 heterocycles. The van der Waals surface area contributed by atoms with Crippen LogP contribution in [0, 0.1) is 0 Å². The van der Waals surface area contributed by atoms with Crippen LogP contribution in [0.1, 0.15) is 5.56 Å². The number of carbonyl (C=O) groups excluding carboxylic acids is 1. The topological polar surface area (TPSA) is 38.8 Å². The molecule has 0 fully saturated rings. The summed E-state index contributed by atoms with van der Waals surface area (Å²) in [6.45, 7) is 0.681. The normalized spacial score (nSPS) is 15.4.